The fourth-order valence-corrected chi connectivity index (χ4v) is 4.93. The number of nitrogens with one attached hydrogen (secondary N) is 2. The van der Waals surface area contributed by atoms with Crippen LogP contribution in [0.25, 0.3) is 0 Å². The first-order valence-electron chi connectivity index (χ1n) is 13.3. The number of amides is 2. The van der Waals surface area contributed by atoms with E-state index in [2.05, 4.69) is 22.8 Å². The number of halogens is 1. The summed E-state index contributed by atoms with van der Waals surface area (Å²) >= 11 is 6.27. The molecule has 0 fully saturated rings. The van der Waals surface area contributed by atoms with Crippen LogP contribution >= 0.6 is 11.6 Å². The summed E-state index contributed by atoms with van der Waals surface area (Å²) in [5.41, 5.74) is 9.83. The Bertz CT molecular complexity index is 1370. The van der Waals surface area contributed by atoms with Gasteiger partial charge in [0.2, 0.25) is 0 Å². The Morgan fingerprint density at radius 2 is 1.35 bits per heavy atom. The summed E-state index contributed by atoms with van der Waals surface area (Å²) < 4.78 is 5.53. The lowest BCUT2D eigenvalue weighted by Gasteiger charge is -2.25. The lowest BCUT2D eigenvalue weighted by molar-refractivity contribution is 0.0943. The number of nitrogens with two attached hydrogens (primary N) is 1. The van der Waals surface area contributed by atoms with Crippen LogP contribution in [-0.4, -0.2) is 24.6 Å². The van der Waals surface area contributed by atoms with Gasteiger partial charge in [-0.25, -0.2) is 4.79 Å². The van der Waals surface area contributed by atoms with E-state index >= 15 is 0 Å². The van der Waals surface area contributed by atoms with E-state index in [0.717, 1.165) is 23.1 Å². The molecule has 6 nitrogen and oxygen atoms in total. The van der Waals surface area contributed by atoms with Gasteiger partial charge in [0.25, 0.3) is 5.91 Å². The Hall–Kier alpha value is -4.29. The lowest BCUT2D eigenvalue weighted by Crippen LogP contribution is -2.40. The van der Waals surface area contributed by atoms with Gasteiger partial charge in [-0.15, -0.1) is 0 Å². The molecule has 4 aromatic rings. The molecule has 4 N–H and O–H groups in total. The highest BCUT2D eigenvalue weighted by Crippen LogP contribution is 2.21. The predicted octanol–water partition coefficient (Wildman–Crippen LogP) is 6.44. The van der Waals surface area contributed by atoms with Crippen LogP contribution in [0.15, 0.2) is 109 Å². The molecule has 2 unspecified atom stereocenters. The molecule has 0 aliphatic carbocycles. The van der Waals surface area contributed by atoms with Gasteiger partial charge < -0.3 is 21.1 Å². The number of carbonyl (C=O) groups is 2. The zero-order valence-corrected chi connectivity index (χ0v) is 23.0. The van der Waals surface area contributed by atoms with Crippen LogP contribution in [0.1, 0.15) is 33.5 Å². The molecule has 0 saturated heterocycles. The van der Waals surface area contributed by atoms with Gasteiger partial charge >= 0.3 is 6.09 Å². The molecule has 40 heavy (non-hydrogen) atoms. The van der Waals surface area contributed by atoms with Crippen molar-refractivity contribution >= 4 is 29.3 Å². The molecule has 2 atom stereocenters. The molecule has 4 rings (SSSR count). The average molecular weight is 556 g/mol. The van der Waals surface area contributed by atoms with E-state index in [0.29, 0.717) is 35.7 Å². The number of ether oxygens (including phenoxy) is 1. The van der Waals surface area contributed by atoms with Crippen molar-refractivity contribution in [2.45, 2.75) is 31.9 Å². The van der Waals surface area contributed by atoms with Gasteiger partial charge in [0.05, 0.1) is 10.6 Å². The summed E-state index contributed by atoms with van der Waals surface area (Å²) in [5, 5.41) is 6.43. The second kappa shape index (κ2) is 14.8. The summed E-state index contributed by atoms with van der Waals surface area (Å²) in [7, 11) is 0. The number of benzene rings is 4. The van der Waals surface area contributed by atoms with E-state index in [4.69, 9.17) is 22.1 Å². The van der Waals surface area contributed by atoms with Crippen molar-refractivity contribution in [3.05, 3.63) is 136 Å². The maximum atomic E-state index is 13.0. The molecule has 0 spiro atoms. The minimum absolute atomic E-state index is 0.0297. The molecular formula is C33H34ClN3O3. The average Bonchev–Trinajstić information content (AvgIpc) is 2.96. The third kappa shape index (κ3) is 9.17. The molecule has 0 aliphatic heterocycles. The summed E-state index contributed by atoms with van der Waals surface area (Å²) in [6.07, 6.45) is 1.51. The van der Waals surface area contributed by atoms with E-state index in [-0.39, 0.29) is 24.5 Å². The van der Waals surface area contributed by atoms with Gasteiger partial charge in [-0.1, -0.05) is 103 Å². The molecule has 206 valence electrons. The number of hydrogen-bond donors (Lipinski definition) is 3. The summed E-state index contributed by atoms with van der Waals surface area (Å²) in [5.74, 6) is -0.236. The van der Waals surface area contributed by atoms with Crippen LogP contribution in [-0.2, 0) is 24.2 Å². The van der Waals surface area contributed by atoms with Gasteiger partial charge in [0, 0.05) is 18.3 Å². The summed E-state index contributed by atoms with van der Waals surface area (Å²) in [6, 6.07) is 34.4. The molecule has 0 heterocycles. The Morgan fingerprint density at radius 3 is 1.95 bits per heavy atom. The van der Waals surface area contributed by atoms with Crippen molar-refractivity contribution in [3.63, 3.8) is 0 Å². The zero-order chi connectivity index (χ0) is 28.2. The van der Waals surface area contributed by atoms with Crippen molar-refractivity contribution in [1.82, 2.24) is 10.6 Å². The van der Waals surface area contributed by atoms with Gasteiger partial charge in [0.15, 0.2) is 0 Å². The fraction of sp³-hybridized carbons (Fsp3) is 0.212. The van der Waals surface area contributed by atoms with E-state index < -0.39 is 6.09 Å². The van der Waals surface area contributed by atoms with Crippen LogP contribution in [0.3, 0.4) is 0 Å². The molecule has 0 aliphatic rings. The van der Waals surface area contributed by atoms with Crippen LogP contribution in [0.2, 0.25) is 5.02 Å². The second-order valence-electron chi connectivity index (χ2n) is 9.83. The van der Waals surface area contributed by atoms with Crippen LogP contribution in [0.5, 0.6) is 0 Å². The standard InChI is InChI=1S/C33H34ClN3O3/c34-31-21-28(35)16-17-30(31)32(38)36-22-27(18-24-10-4-1-5-11-24)20-29(19-25-12-6-2-7-13-25)37-33(39)40-23-26-14-8-3-9-15-26/h1-17,21,27,29H,18-20,22-23,35H2,(H,36,38)(H,37,39). The highest BCUT2D eigenvalue weighted by Gasteiger charge is 2.22. The van der Waals surface area contributed by atoms with Crippen molar-refractivity contribution in [1.29, 1.82) is 0 Å². The zero-order valence-electron chi connectivity index (χ0n) is 22.3. The first-order valence-corrected chi connectivity index (χ1v) is 13.7. The number of alkyl carbamates (subject to hydrolysis) is 1. The van der Waals surface area contributed by atoms with Gasteiger partial charge in [-0.3, -0.25) is 4.79 Å². The Balaban J connectivity index is 1.47. The smallest absolute Gasteiger partial charge is 0.407 e. The maximum Gasteiger partial charge on any atom is 0.407 e. The largest absolute Gasteiger partial charge is 0.445 e. The molecule has 0 radical (unpaired) electrons. The Kier molecular flexibility index (Phi) is 10.6. The summed E-state index contributed by atoms with van der Waals surface area (Å²) in [6.45, 7) is 0.594. The van der Waals surface area contributed by atoms with Crippen molar-refractivity contribution < 1.29 is 14.3 Å². The monoisotopic (exact) mass is 555 g/mol. The third-order valence-electron chi connectivity index (χ3n) is 6.63. The Labute approximate surface area is 240 Å². The van der Waals surface area contributed by atoms with Crippen LogP contribution < -0.4 is 16.4 Å². The normalized spacial score (nSPS) is 12.2. The third-order valence-corrected chi connectivity index (χ3v) is 6.95. The molecule has 4 aromatic carbocycles. The van der Waals surface area contributed by atoms with E-state index in [9.17, 15) is 9.59 Å². The number of anilines is 1. The number of carbonyl (C=O) groups excluding carboxylic acids is 2. The topological polar surface area (TPSA) is 93.5 Å². The first-order chi connectivity index (χ1) is 19.5. The number of hydrogen-bond acceptors (Lipinski definition) is 4. The molecule has 0 aromatic heterocycles. The molecule has 7 heteroatoms. The molecule has 2 amide bonds. The maximum absolute atomic E-state index is 13.0. The van der Waals surface area contributed by atoms with Crippen LogP contribution in [0, 0.1) is 5.92 Å². The van der Waals surface area contributed by atoms with E-state index in [1.807, 2.05) is 78.9 Å². The minimum atomic E-state index is -0.471. The first kappa shape index (κ1) is 28.7. The van der Waals surface area contributed by atoms with Crippen molar-refractivity contribution in [2.75, 3.05) is 12.3 Å². The Morgan fingerprint density at radius 1 is 0.775 bits per heavy atom. The number of rotatable bonds is 12. The van der Waals surface area contributed by atoms with Gasteiger partial charge in [0.1, 0.15) is 6.61 Å². The van der Waals surface area contributed by atoms with Crippen molar-refractivity contribution in [2.24, 2.45) is 5.92 Å². The van der Waals surface area contributed by atoms with E-state index in [1.54, 1.807) is 18.2 Å². The van der Waals surface area contributed by atoms with E-state index in [1.165, 1.54) is 0 Å². The molecule has 0 bridgehead atoms. The second-order valence-corrected chi connectivity index (χ2v) is 10.2. The SMILES string of the molecule is Nc1ccc(C(=O)NCC(Cc2ccccc2)CC(Cc2ccccc2)NC(=O)OCc2ccccc2)c(Cl)c1. The predicted molar refractivity (Wildman–Crippen MR) is 160 cm³/mol. The quantitative estimate of drug-likeness (QED) is 0.175. The van der Waals surface area contributed by atoms with Gasteiger partial charge in [-0.05, 0) is 60.1 Å². The lowest BCUT2D eigenvalue weighted by atomic mass is 9.90. The fourth-order valence-electron chi connectivity index (χ4n) is 4.66. The number of nitrogen functional groups attached to an aromatic ring is 1. The highest BCUT2D eigenvalue weighted by molar-refractivity contribution is 6.34. The van der Waals surface area contributed by atoms with Gasteiger partial charge in [-0.2, -0.15) is 0 Å². The highest BCUT2D eigenvalue weighted by atomic mass is 35.5. The van der Waals surface area contributed by atoms with Crippen LogP contribution in [0.4, 0.5) is 10.5 Å². The molecule has 0 saturated carbocycles. The molecular weight excluding hydrogens is 522 g/mol. The summed E-state index contributed by atoms with van der Waals surface area (Å²) in [4.78, 5) is 25.8. The van der Waals surface area contributed by atoms with Crippen molar-refractivity contribution in [3.8, 4) is 0 Å². The minimum Gasteiger partial charge on any atom is -0.445 e.